The van der Waals surface area contributed by atoms with Crippen LogP contribution in [0.3, 0.4) is 0 Å². The number of hydrogen-bond donors (Lipinski definition) is 0. The van der Waals surface area contributed by atoms with Crippen LogP contribution in [-0.4, -0.2) is 23.1 Å². The first-order valence-electron chi connectivity index (χ1n) is 7.95. The van der Waals surface area contributed by atoms with Gasteiger partial charge in [-0.3, -0.25) is 0 Å². The number of benzene rings is 1. The topological polar surface area (TPSA) is 38.2 Å². The largest absolute Gasteiger partial charge is 0.460 e. The van der Waals surface area contributed by atoms with Crippen LogP contribution < -0.4 is 9.64 Å². The van der Waals surface area contributed by atoms with Crippen LogP contribution >= 0.6 is 0 Å². The maximum atomic E-state index is 13.3. The quantitative estimate of drug-likeness (QED) is 0.744. The van der Waals surface area contributed by atoms with E-state index in [9.17, 15) is 17.6 Å². The minimum Gasteiger partial charge on any atom is -0.460 e. The molecule has 3 rings (SSSR count). The van der Waals surface area contributed by atoms with Crippen molar-refractivity contribution in [3.63, 3.8) is 0 Å². The zero-order valence-electron chi connectivity index (χ0n) is 13.6. The lowest BCUT2D eigenvalue weighted by Gasteiger charge is -2.23. The highest BCUT2D eigenvalue weighted by molar-refractivity contribution is 5.62. The van der Waals surface area contributed by atoms with Crippen molar-refractivity contribution in [2.45, 2.75) is 38.0 Å². The number of hydrogen-bond acceptors (Lipinski definition) is 4. The predicted molar refractivity (Wildman–Crippen MR) is 84.4 cm³/mol. The minimum atomic E-state index is -4.62. The van der Waals surface area contributed by atoms with E-state index >= 15 is 0 Å². The molecule has 0 aliphatic heterocycles. The number of aromatic nitrogens is 2. The Bertz CT molecular complexity index is 728. The van der Waals surface area contributed by atoms with E-state index < -0.39 is 17.6 Å². The van der Waals surface area contributed by atoms with Crippen molar-refractivity contribution in [3.05, 3.63) is 41.8 Å². The summed E-state index contributed by atoms with van der Waals surface area (Å²) in [6.07, 6.45) is -0.231. The second-order valence-electron chi connectivity index (χ2n) is 5.95. The first-order chi connectivity index (χ1) is 11.8. The van der Waals surface area contributed by atoms with Gasteiger partial charge in [-0.1, -0.05) is 0 Å². The van der Waals surface area contributed by atoms with Crippen molar-refractivity contribution in [1.82, 2.24) is 9.97 Å². The summed E-state index contributed by atoms with van der Waals surface area (Å²) >= 11 is 0. The highest BCUT2D eigenvalue weighted by Gasteiger charge is 2.37. The van der Waals surface area contributed by atoms with Crippen LogP contribution in [0.1, 0.15) is 31.2 Å². The molecule has 0 spiro atoms. The highest BCUT2D eigenvalue weighted by atomic mass is 19.4. The number of ether oxygens (including phenoxy) is 1. The van der Waals surface area contributed by atoms with Crippen LogP contribution in [0.4, 0.5) is 29.1 Å². The third-order valence-electron chi connectivity index (χ3n) is 4.16. The van der Waals surface area contributed by atoms with Gasteiger partial charge in [0.25, 0.3) is 0 Å². The summed E-state index contributed by atoms with van der Waals surface area (Å²) in [4.78, 5) is 8.94. The molecule has 1 aliphatic carbocycles. The average Bonchev–Trinajstić information content (AvgIpc) is 3.07. The lowest BCUT2D eigenvalue weighted by Crippen LogP contribution is -2.20. The Morgan fingerprint density at radius 2 is 1.76 bits per heavy atom. The van der Waals surface area contributed by atoms with Gasteiger partial charge in [0.05, 0.1) is 0 Å². The van der Waals surface area contributed by atoms with E-state index in [4.69, 9.17) is 4.74 Å². The van der Waals surface area contributed by atoms with Crippen molar-refractivity contribution >= 4 is 11.5 Å². The maximum Gasteiger partial charge on any atom is 0.421 e. The lowest BCUT2D eigenvalue weighted by atomic mass is 10.2. The zero-order chi connectivity index (χ0) is 18.0. The lowest BCUT2D eigenvalue weighted by molar-refractivity contribution is -0.137. The van der Waals surface area contributed by atoms with Gasteiger partial charge in [-0.2, -0.15) is 18.2 Å². The molecule has 8 heteroatoms. The smallest absolute Gasteiger partial charge is 0.421 e. The fraction of sp³-hybridized carbons (Fsp3) is 0.412. The Morgan fingerprint density at radius 1 is 1.12 bits per heavy atom. The summed E-state index contributed by atoms with van der Waals surface area (Å²) in [7, 11) is 1.43. The van der Waals surface area contributed by atoms with E-state index in [1.807, 2.05) is 0 Å². The molecule has 0 atom stereocenters. The van der Waals surface area contributed by atoms with Crippen molar-refractivity contribution in [3.8, 4) is 6.01 Å². The van der Waals surface area contributed by atoms with E-state index in [2.05, 4.69) is 9.97 Å². The molecule has 4 nitrogen and oxygen atoms in total. The third-order valence-corrected chi connectivity index (χ3v) is 4.16. The van der Waals surface area contributed by atoms with Gasteiger partial charge in [-0.15, -0.1) is 0 Å². The van der Waals surface area contributed by atoms with Gasteiger partial charge in [0.1, 0.15) is 17.5 Å². The Labute approximate surface area is 142 Å². The molecular formula is C17H17F4N3O. The van der Waals surface area contributed by atoms with Crippen LogP contribution in [0.15, 0.2) is 30.5 Å². The Kier molecular flexibility index (Phi) is 4.78. The predicted octanol–water partition coefficient (Wildman–Crippen LogP) is 4.72. The van der Waals surface area contributed by atoms with Crippen LogP contribution in [0.25, 0.3) is 0 Å². The molecule has 0 amide bonds. The van der Waals surface area contributed by atoms with Crippen LogP contribution in [0.5, 0.6) is 6.01 Å². The van der Waals surface area contributed by atoms with Crippen molar-refractivity contribution in [2.75, 3.05) is 11.9 Å². The summed E-state index contributed by atoms with van der Waals surface area (Å²) in [5.41, 5.74) is -0.601. The van der Waals surface area contributed by atoms with E-state index in [1.54, 1.807) is 0 Å². The van der Waals surface area contributed by atoms with E-state index in [0.717, 1.165) is 31.9 Å². The molecular weight excluding hydrogens is 338 g/mol. The van der Waals surface area contributed by atoms with Gasteiger partial charge >= 0.3 is 12.2 Å². The fourth-order valence-corrected chi connectivity index (χ4v) is 2.81. The monoisotopic (exact) mass is 355 g/mol. The molecule has 0 radical (unpaired) electrons. The molecule has 134 valence electrons. The first kappa shape index (κ1) is 17.4. The van der Waals surface area contributed by atoms with Gasteiger partial charge < -0.3 is 9.64 Å². The number of halogens is 4. The van der Waals surface area contributed by atoms with E-state index in [1.165, 1.54) is 36.2 Å². The number of anilines is 2. The Hall–Kier alpha value is -2.38. The molecule has 25 heavy (non-hydrogen) atoms. The van der Waals surface area contributed by atoms with Crippen molar-refractivity contribution in [1.29, 1.82) is 0 Å². The Balaban J connectivity index is 1.96. The molecule has 1 fully saturated rings. The van der Waals surface area contributed by atoms with E-state index in [-0.39, 0.29) is 17.9 Å². The summed E-state index contributed by atoms with van der Waals surface area (Å²) < 4.78 is 58.6. The van der Waals surface area contributed by atoms with Crippen LogP contribution in [-0.2, 0) is 6.18 Å². The summed E-state index contributed by atoms with van der Waals surface area (Å²) in [5.74, 6) is -0.803. The standard InChI is InChI=1S/C17H17F4N3O/c1-24(12-8-6-11(18)7-9-12)15-14(17(19,20)21)10-22-16(23-15)25-13-4-2-3-5-13/h6-10,13H,2-5H2,1H3. The number of nitrogens with zero attached hydrogens (tertiary/aromatic N) is 3. The number of rotatable bonds is 4. The molecule has 1 aliphatic rings. The molecule has 1 heterocycles. The summed E-state index contributed by atoms with van der Waals surface area (Å²) in [5, 5.41) is 0. The molecule has 1 aromatic heterocycles. The molecule has 1 saturated carbocycles. The Morgan fingerprint density at radius 3 is 2.36 bits per heavy atom. The molecule has 0 N–H and O–H groups in total. The molecule has 0 saturated heterocycles. The number of alkyl halides is 3. The average molecular weight is 355 g/mol. The summed E-state index contributed by atoms with van der Waals surface area (Å²) in [6, 6.07) is 5.04. The normalized spacial score (nSPS) is 15.4. The minimum absolute atomic E-state index is 0.0688. The molecule has 2 aromatic rings. The molecule has 0 bridgehead atoms. The van der Waals surface area contributed by atoms with Gasteiger partial charge in [0.15, 0.2) is 5.82 Å². The maximum absolute atomic E-state index is 13.3. The SMILES string of the molecule is CN(c1ccc(F)cc1)c1nc(OC2CCCC2)ncc1C(F)(F)F. The third kappa shape index (κ3) is 4.00. The van der Waals surface area contributed by atoms with Gasteiger partial charge in [-0.25, -0.2) is 9.37 Å². The summed E-state index contributed by atoms with van der Waals surface area (Å²) in [6.45, 7) is 0. The van der Waals surface area contributed by atoms with E-state index in [0.29, 0.717) is 5.69 Å². The second kappa shape index (κ2) is 6.85. The first-order valence-corrected chi connectivity index (χ1v) is 7.95. The van der Waals surface area contributed by atoms with Crippen molar-refractivity contribution < 1.29 is 22.3 Å². The fourth-order valence-electron chi connectivity index (χ4n) is 2.81. The van der Waals surface area contributed by atoms with Crippen LogP contribution in [0, 0.1) is 5.82 Å². The second-order valence-corrected chi connectivity index (χ2v) is 5.95. The van der Waals surface area contributed by atoms with Gasteiger partial charge in [-0.05, 0) is 49.9 Å². The van der Waals surface area contributed by atoms with Crippen LogP contribution in [0.2, 0.25) is 0 Å². The molecule has 1 aromatic carbocycles. The van der Waals surface area contributed by atoms with Gasteiger partial charge in [0, 0.05) is 18.9 Å². The highest BCUT2D eigenvalue weighted by Crippen LogP contribution is 2.38. The zero-order valence-corrected chi connectivity index (χ0v) is 13.6. The van der Waals surface area contributed by atoms with Gasteiger partial charge in [0.2, 0.25) is 0 Å². The molecule has 0 unspecified atom stereocenters. The van der Waals surface area contributed by atoms with Crippen molar-refractivity contribution in [2.24, 2.45) is 0 Å².